The number of hydrogen-bond donors (Lipinski definition) is 2. The summed E-state index contributed by atoms with van der Waals surface area (Å²) in [6, 6.07) is 17.2. The summed E-state index contributed by atoms with van der Waals surface area (Å²) in [6.07, 6.45) is 0. The van der Waals surface area contributed by atoms with Gasteiger partial charge in [-0.1, -0.05) is 12.1 Å². The maximum Gasteiger partial charge on any atom is 0.206 e. The molecule has 0 radical (unpaired) electrons. The second-order valence-electron chi connectivity index (χ2n) is 6.24. The normalized spacial score (nSPS) is 17.2. The molecule has 29 heavy (non-hydrogen) atoms. The molecule has 2 aromatic rings. The molecular weight excluding hydrogens is 372 g/mol. The molecule has 0 amide bonds. The Labute approximate surface area is 166 Å². The smallest absolute Gasteiger partial charge is 0.206 e. The number of methoxy groups -OCH3 is 1. The van der Waals surface area contributed by atoms with E-state index in [1.54, 1.807) is 30.3 Å². The Hall–Kier alpha value is -4.23. The van der Waals surface area contributed by atoms with Gasteiger partial charge < -0.3 is 25.8 Å². The molecule has 1 unspecified atom stereocenters. The van der Waals surface area contributed by atoms with Crippen LogP contribution in [0.2, 0.25) is 0 Å². The van der Waals surface area contributed by atoms with Crippen LogP contribution in [0.1, 0.15) is 11.6 Å². The van der Waals surface area contributed by atoms with Crippen LogP contribution in [0.25, 0.3) is 0 Å². The molecule has 0 fully saturated rings. The van der Waals surface area contributed by atoms with Gasteiger partial charge in [-0.3, -0.25) is 5.21 Å². The summed E-state index contributed by atoms with van der Waals surface area (Å²) in [5, 5.41) is 49.8. The molecule has 0 aromatic heterocycles. The van der Waals surface area contributed by atoms with Gasteiger partial charge in [0.2, 0.25) is 5.41 Å². The number of anilines is 2. The van der Waals surface area contributed by atoms with E-state index in [0.29, 0.717) is 17.0 Å². The monoisotopic (exact) mass is 387 g/mol. The number of nitrogens with two attached hydrogens (primary N) is 1. The lowest BCUT2D eigenvalue weighted by Crippen LogP contribution is -2.34. The molecule has 0 aliphatic carbocycles. The zero-order valence-corrected chi connectivity index (χ0v) is 15.3. The highest BCUT2D eigenvalue weighted by Crippen LogP contribution is 2.52. The first kappa shape index (κ1) is 19.5. The first-order chi connectivity index (χ1) is 13.9. The van der Waals surface area contributed by atoms with Gasteiger partial charge in [-0.2, -0.15) is 15.8 Å². The lowest BCUT2D eigenvalue weighted by atomic mass is 9.76. The fraction of sp³-hybridized carbons (Fsp3) is 0.150. The molecule has 9 heteroatoms. The van der Waals surface area contributed by atoms with Crippen molar-refractivity contribution in [2.75, 3.05) is 17.2 Å². The maximum atomic E-state index is 11.3. The Morgan fingerprint density at radius 2 is 1.83 bits per heavy atom. The number of hydrogen-bond acceptors (Lipinski definition) is 9. The van der Waals surface area contributed by atoms with Crippen LogP contribution in [0.3, 0.4) is 0 Å². The second kappa shape index (κ2) is 7.41. The molecule has 1 heterocycles. The summed E-state index contributed by atoms with van der Waals surface area (Å²) in [7, 11) is 1.52. The van der Waals surface area contributed by atoms with Gasteiger partial charge in [0.15, 0.2) is 0 Å². The van der Waals surface area contributed by atoms with Gasteiger partial charge in [0.1, 0.15) is 23.2 Å². The van der Waals surface area contributed by atoms with Crippen molar-refractivity contribution < 1.29 is 9.94 Å². The number of nitriles is 3. The summed E-state index contributed by atoms with van der Waals surface area (Å²) in [4.78, 5) is 1.50. The van der Waals surface area contributed by atoms with Crippen molar-refractivity contribution in [1.29, 1.82) is 15.8 Å². The minimum Gasteiger partial charge on any atom is -0.733 e. The van der Waals surface area contributed by atoms with Crippen molar-refractivity contribution in [1.82, 2.24) is 0 Å². The third-order valence-corrected chi connectivity index (χ3v) is 4.80. The third-order valence-electron chi connectivity index (χ3n) is 4.80. The summed E-state index contributed by atoms with van der Waals surface area (Å²) < 4.78 is 5.15. The first-order valence-electron chi connectivity index (χ1n) is 8.35. The number of benzene rings is 2. The number of rotatable bonds is 4. The van der Waals surface area contributed by atoms with Crippen LogP contribution in [0.5, 0.6) is 5.75 Å². The van der Waals surface area contributed by atoms with Crippen LogP contribution >= 0.6 is 0 Å². The van der Waals surface area contributed by atoms with E-state index in [-0.39, 0.29) is 22.3 Å². The van der Waals surface area contributed by atoms with Crippen LogP contribution in [-0.4, -0.2) is 12.3 Å². The summed E-state index contributed by atoms with van der Waals surface area (Å²) in [5.41, 5.74) is 4.89. The van der Waals surface area contributed by atoms with Gasteiger partial charge in [0, 0.05) is 5.69 Å². The van der Waals surface area contributed by atoms with Crippen LogP contribution in [0.15, 0.2) is 59.9 Å². The van der Waals surface area contributed by atoms with Crippen LogP contribution in [-0.2, 0) is 0 Å². The molecule has 0 saturated carbocycles. The number of nitrogens with zero attached hydrogens (tertiary/aromatic N) is 5. The molecule has 9 nitrogen and oxygen atoms in total. The minimum atomic E-state index is -1.92. The Morgan fingerprint density at radius 3 is 2.34 bits per heavy atom. The van der Waals surface area contributed by atoms with Crippen LogP contribution < -0.4 is 20.6 Å². The zero-order valence-electron chi connectivity index (χ0n) is 15.3. The molecule has 3 N–H and O–H groups in total. The van der Waals surface area contributed by atoms with Gasteiger partial charge in [-0.15, -0.1) is 0 Å². The van der Waals surface area contributed by atoms with Crippen LogP contribution in [0, 0.1) is 44.6 Å². The fourth-order valence-electron chi connectivity index (χ4n) is 3.44. The van der Waals surface area contributed by atoms with E-state index < -0.39 is 11.5 Å². The average Bonchev–Trinajstić information content (AvgIpc) is 3.01. The lowest BCUT2D eigenvalue weighted by molar-refractivity contribution is 0.296. The second-order valence-corrected chi connectivity index (χ2v) is 6.24. The van der Waals surface area contributed by atoms with E-state index in [4.69, 9.17) is 10.5 Å². The Balaban J connectivity index is 2.27. The highest BCUT2D eigenvalue weighted by Gasteiger charge is 2.55. The molecule has 3 rings (SSSR count). The molecule has 0 saturated heterocycles. The largest absolute Gasteiger partial charge is 0.733 e. The molecule has 0 spiro atoms. The predicted molar refractivity (Wildman–Crippen MR) is 103 cm³/mol. The highest BCUT2D eigenvalue weighted by molar-refractivity contribution is 5.68. The van der Waals surface area contributed by atoms with E-state index in [2.05, 4.69) is 0 Å². The molecule has 1 aliphatic heterocycles. The first-order valence-corrected chi connectivity index (χ1v) is 8.35. The Bertz CT molecular complexity index is 1070. The van der Waals surface area contributed by atoms with E-state index in [1.807, 2.05) is 18.2 Å². The van der Waals surface area contributed by atoms with Crippen LogP contribution in [0.4, 0.5) is 11.4 Å². The molecule has 1 aliphatic rings. The third kappa shape index (κ3) is 2.95. The van der Waals surface area contributed by atoms with E-state index in [9.17, 15) is 26.2 Å². The van der Waals surface area contributed by atoms with E-state index >= 15 is 0 Å². The van der Waals surface area contributed by atoms with E-state index in [0.717, 1.165) is 0 Å². The Morgan fingerprint density at radius 1 is 1.17 bits per heavy atom. The summed E-state index contributed by atoms with van der Waals surface area (Å²) in [5.74, 6) is 0.544. The fourth-order valence-corrected chi connectivity index (χ4v) is 3.44. The van der Waals surface area contributed by atoms with Crippen molar-refractivity contribution in [3.05, 3.63) is 70.7 Å². The molecule has 144 valence electrons. The minimum absolute atomic E-state index is 0.0425. The molecule has 1 atom stereocenters. The van der Waals surface area contributed by atoms with Gasteiger partial charge in [-0.25, -0.2) is 0 Å². The number of ether oxygens (including phenoxy) is 1. The average molecular weight is 387 g/mol. The van der Waals surface area contributed by atoms with Crippen molar-refractivity contribution in [2.45, 2.75) is 6.04 Å². The zero-order chi connectivity index (χ0) is 21.2. The predicted octanol–water partition coefficient (Wildman–Crippen LogP) is 2.68. The maximum absolute atomic E-state index is 11.3. The van der Waals surface area contributed by atoms with Crippen molar-refractivity contribution in [3.63, 3.8) is 0 Å². The van der Waals surface area contributed by atoms with Gasteiger partial charge in [0.25, 0.3) is 0 Å². The van der Waals surface area contributed by atoms with Gasteiger partial charge >= 0.3 is 0 Å². The summed E-state index contributed by atoms with van der Waals surface area (Å²) in [6.45, 7) is 0. The molecule has 0 bridgehead atoms. The molecule has 2 aromatic carbocycles. The summed E-state index contributed by atoms with van der Waals surface area (Å²) >= 11 is 0. The quantitative estimate of drug-likeness (QED) is 0.752. The highest BCUT2D eigenvalue weighted by atomic mass is 16.8. The van der Waals surface area contributed by atoms with Crippen molar-refractivity contribution in [3.8, 4) is 24.0 Å². The van der Waals surface area contributed by atoms with Crippen molar-refractivity contribution in [2.24, 2.45) is 11.1 Å². The van der Waals surface area contributed by atoms with Crippen molar-refractivity contribution >= 4 is 11.4 Å². The Kier molecular flexibility index (Phi) is 4.99. The standard InChI is InChI=1S/C20H15N6O3/c1-29-16-7-5-14(6-8-16)25-18(13-3-2-4-15(9-13)26(27)28)20(11-22,12-23)17(10-21)19(25)24/h2-9,18,27H,24H2,1H3/q-1. The SMILES string of the molecule is COc1ccc(N2C(N)=C(C#N)C(C#N)(C#N)C2c2cccc(N([O-])O)c2)cc1. The van der Waals surface area contributed by atoms with Gasteiger partial charge in [-0.05, 0) is 42.0 Å². The topological polar surface area (TPSA) is 156 Å². The van der Waals surface area contributed by atoms with E-state index in [1.165, 1.54) is 30.2 Å². The lowest BCUT2D eigenvalue weighted by Gasteiger charge is -2.33. The molecular formula is C20H15N6O3-. The van der Waals surface area contributed by atoms with Gasteiger partial charge in [0.05, 0.1) is 31.0 Å².